The molecule has 5 heteroatoms. The van der Waals surface area contributed by atoms with Crippen molar-refractivity contribution in [2.24, 2.45) is 0 Å². The predicted octanol–water partition coefficient (Wildman–Crippen LogP) is 2.81. The van der Waals surface area contributed by atoms with Crippen molar-refractivity contribution in [3.05, 3.63) is 30.0 Å². The SMILES string of the molecule is [2H]C([2H])(c1c[nH]c2cccc(OC(=O)OCC)c12)C([2H])([2H])N(C)C. The van der Waals surface area contributed by atoms with Crippen LogP contribution in [-0.4, -0.2) is 43.2 Å². The summed E-state index contributed by atoms with van der Waals surface area (Å²) in [6.07, 6.45) is -1.86. The summed E-state index contributed by atoms with van der Waals surface area (Å²) in [5.41, 5.74) is 0.598. The maximum absolute atomic E-state index is 11.6. The van der Waals surface area contributed by atoms with Crippen LogP contribution in [0.2, 0.25) is 0 Å². The average Bonchev–Trinajstić information content (AvgIpc) is 2.92. The summed E-state index contributed by atoms with van der Waals surface area (Å²) in [6.45, 7) is -0.480. The van der Waals surface area contributed by atoms with Gasteiger partial charge in [0.25, 0.3) is 0 Å². The normalized spacial score (nSPS) is 15.4. The Morgan fingerprint density at radius 3 is 2.95 bits per heavy atom. The molecular weight excluding hydrogens is 256 g/mol. The van der Waals surface area contributed by atoms with Crippen LogP contribution in [0.25, 0.3) is 10.9 Å². The fourth-order valence-electron chi connectivity index (χ4n) is 1.74. The molecular formula is C15H20N2O3. The van der Waals surface area contributed by atoms with Crippen molar-refractivity contribution in [3.63, 3.8) is 0 Å². The highest BCUT2D eigenvalue weighted by molar-refractivity contribution is 5.90. The Bertz CT molecular complexity index is 743. The van der Waals surface area contributed by atoms with Crippen LogP contribution in [0.5, 0.6) is 5.75 Å². The number of fused-ring (bicyclic) bond motifs is 1. The number of hydrogen-bond acceptors (Lipinski definition) is 4. The van der Waals surface area contributed by atoms with Gasteiger partial charge >= 0.3 is 6.16 Å². The molecule has 0 saturated heterocycles. The fraction of sp³-hybridized carbons (Fsp3) is 0.400. The lowest BCUT2D eigenvalue weighted by atomic mass is 10.1. The molecule has 1 aromatic heterocycles. The lowest BCUT2D eigenvalue weighted by Gasteiger charge is -2.10. The summed E-state index contributed by atoms with van der Waals surface area (Å²) >= 11 is 0. The first-order chi connectivity index (χ1) is 11.1. The Hall–Kier alpha value is -2.01. The largest absolute Gasteiger partial charge is 0.513 e. The highest BCUT2D eigenvalue weighted by Crippen LogP contribution is 2.29. The predicted molar refractivity (Wildman–Crippen MR) is 78.2 cm³/mol. The molecule has 2 aromatic rings. The summed E-state index contributed by atoms with van der Waals surface area (Å²) in [6, 6.07) is 4.85. The lowest BCUT2D eigenvalue weighted by Crippen LogP contribution is -2.15. The molecule has 5 nitrogen and oxygen atoms in total. The second-order valence-electron chi connectivity index (χ2n) is 4.30. The molecule has 0 aliphatic rings. The standard InChI is InChI=1S/C15H20N2O3/c1-4-19-15(18)20-13-7-5-6-12-14(13)11(10-16-12)8-9-17(2)3/h5-7,10,16H,4,8-9H2,1-3H3/i8D2,9D2. The molecule has 0 radical (unpaired) electrons. The van der Waals surface area contributed by atoms with Gasteiger partial charge in [0.2, 0.25) is 0 Å². The van der Waals surface area contributed by atoms with Gasteiger partial charge in [0.1, 0.15) is 5.75 Å². The first-order valence-electron chi connectivity index (χ1n) is 8.25. The van der Waals surface area contributed by atoms with E-state index in [0.29, 0.717) is 10.9 Å². The van der Waals surface area contributed by atoms with E-state index in [2.05, 4.69) is 4.98 Å². The van der Waals surface area contributed by atoms with Crippen LogP contribution in [0.15, 0.2) is 24.4 Å². The third-order valence-electron chi connectivity index (χ3n) is 2.54. The summed E-state index contributed by atoms with van der Waals surface area (Å²) in [7, 11) is 2.92. The Morgan fingerprint density at radius 2 is 2.25 bits per heavy atom. The number of carbonyl (C=O) groups is 1. The summed E-state index contributed by atoms with van der Waals surface area (Å²) in [5, 5.41) is 0.307. The van der Waals surface area contributed by atoms with Crippen molar-refractivity contribution in [3.8, 4) is 5.75 Å². The number of rotatable bonds is 5. The van der Waals surface area contributed by atoms with E-state index in [0.717, 1.165) is 0 Å². The number of aryl methyl sites for hydroxylation is 1. The van der Waals surface area contributed by atoms with E-state index in [1.54, 1.807) is 19.1 Å². The number of benzene rings is 1. The number of aromatic amines is 1. The molecule has 1 heterocycles. The van der Waals surface area contributed by atoms with Crippen molar-refractivity contribution in [2.75, 3.05) is 27.2 Å². The number of aromatic nitrogens is 1. The number of likely N-dealkylation sites (N-methyl/N-ethyl adjacent to an activating group) is 1. The van der Waals surface area contributed by atoms with Gasteiger partial charge in [-0.05, 0) is 45.1 Å². The van der Waals surface area contributed by atoms with Crippen LogP contribution >= 0.6 is 0 Å². The number of hydrogen-bond donors (Lipinski definition) is 1. The van der Waals surface area contributed by atoms with Crippen molar-refractivity contribution >= 4 is 17.1 Å². The molecule has 1 aromatic carbocycles. The molecule has 0 saturated carbocycles. The fourth-order valence-corrected chi connectivity index (χ4v) is 1.74. The summed E-state index contributed by atoms with van der Waals surface area (Å²) in [5.74, 6) is 0.112. The molecule has 0 unspecified atom stereocenters. The Morgan fingerprint density at radius 1 is 1.45 bits per heavy atom. The first kappa shape index (κ1) is 9.83. The van der Waals surface area contributed by atoms with E-state index in [1.807, 2.05) is 0 Å². The van der Waals surface area contributed by atoms with Gasteiger partial charge in [0.05, 0.1) is 6.61 Å². The van der Waals surface area contributed by atoms with E-state index in [-0.39, 0.29) is 17.9 Å². The zero-order chi connectivity index (χ0) is 18.1. The summed E-state index contributed by atoms with van der Waals surface area (Å²) in [4.78, 5) is 15.7. The minimum atomic E-state index is -2.36. The molecule has 0 aliphatic heterocycles. The highest BCUT2D eigenvalue weighted by Gasteiger charge is 2.13. The van der Waals surface area contributed by atoms with Gasteiger partial charge in [-0.3, -0.25) is 0 Å². The Kier molecular flexibility index (Phi) is 3.16. The third kappa shape index (κ3) is 3.30. The van der Waals surface area contributed by atoms with Gasteiger partial charge in [0, 0.05) is 29.1 Å². The molecule has 2 rings (SSSR count). The Labute approximate surface area is 124 Å². The maximum Gasteiger partial charge on any atom is 0.513 e. The van der Waals surface area contributed by atoms with Gasteiger partial charge < -0.3 is 19.4 Å². The minimum Gasteiger partial charge on any atom is -0.434 e. The van der Waals surface area contributed by atoms with Gasteiger partial charge in [-0.25, -0.2) is 4.79 Å². The molecule has 0 spiro atoms. The first-order valence-corrected chi connectivity index (χ1v) is 6.25. The van der Waals surface area contributed by atoms with Gasteiger partial charge in [-0.15, -0.1) is 0 Å². The second-order valence-corrected chi connectivity index (χ2v) is 4.30. The van der Waals surface area contributed by atoms with Crippen LogP contribution < -0.4 is 4.74 Å². The van der Waals surface area contributed by atoms with Crippen LogP contribution in [-0.2, 0) is 11.1 Å². The molecule has 0 aliphatic carbocycles. The van der Waals surface area contributed by atoms with Crippen LogP contribution in [0.1, 0.15) is 18.0 Å². The molecule has 20 heavy (non-hydrogen) atoms. The number of nitrogens with zero attached hydrogens (tertiary/aromatic N) is 1. The quantitative estimate of drug-likeness (QED) is 0.676. The van der Waals surface area contributed by atoms with Crippen LogP contribution in [0.3, 0.4) is 0 Å². The van der Waals surface area contributed by atoms with E-state index < -0.39 is 19.0 Å². The third-order valence-corrected chi connectivity index (χ3v) is 2.54. The van der Waals surface area contributed by atoms with Crippen LogP contribution in [0.4, 0.5) is 4.79 Å². The van der Waals surface area contributed by atoms with Gasteiger partial charge in [0.15, 0.2) is 0 Å². The smallest absolute Gasteiger partial charge is 0.434 e. The number of ether oxygens (including phenoxy) is 2. The minimum absolute atomic E-state index is 0.0658. The number of carbonyl (C=O) groups excluding carboxylic acids is 1. The summed E-state index contributed by atoms with van der Waals surface area (Å²) < 4.78 is 42.7. The van der Waals surface area contributed by atoms with Crippen LogP contribution in [0, 0.1) is 0 Å². The van der Waals surface area contributed by atoms with Crippen molar-refractivity contribution in [2.45, 2.75) is 13.3 Å². The zero-order valence-electron chi connectivity index (χ0n) is 15.7. The zero-order valence-corrected chi connectivity index (χ0v) is 11.7. The lowest BCUT2D eigenvalue weighted by molar-refractivity contribution is 0.105. The monoisotopic (exact) mass is 280 g/mol. The number of nitrogens with one attached hydrogen (secondary N) is 1. The molecule has 1 N–H and O–H groups in total. The molecule has 0 fully saturated rings. The van der Waals surface area contributed by atoms with E-state index in [9.17, 15) is 4.79 Å². The van der Waals surface area contributed by atoms with Gasteiger partial charge in [-0.1, -0.05) is 6.07 Å². The van der Waals surface area contributed by atoms with Gasteiger partial charge in [-0.2, -0.15) is 0 Å². The molecule has 0 amide bonds. The Balaban J connectivity index is 2.58. The maximum atomic E-state index is 11.6. The van der Waals surface area contributed by atoms with E-state index in [1.165, 1.54) is 31.3 Å². The number of H-pyrrole nitrogens is 1. The van der Waals surface area contributed by atoms with Crippen molar-refractivity contribution < 1.29 is 19.8 Å². The van der Waals surface area contributed by atoms with Crippen molar-refractivity contribution in [1.82, 2.24) is 9.88 Å². The topological polar surface area (TPSA) is 54.6 Å². The second kappa shape index (κ2) is 6.43. The van der Waals surface area contributed by atoms with Crippen molar-refractivity contribution in [1.29, 1.82) is 0 Å². The highest BCUT2D eigenvalue weighted by atomic mass is 16.7. The van der Waals surface area contributed by atoms with E-state index in [4.69, 9.17) is 15.0 Å². The molecule has 108 valence electrons. The average molecular weight is 280 g/mol. The molecule has 0 atom stereocenters. The molecule has 0 bridgehead atoms. The van der Waals surface area contributed by atoms with E-state index >= 15 is 0 Å².